The quantitative estimate of drug-likeness (QED) is 0.555. The standard InChI is InChI=1S/C22H28N6O2/c1-15(29)10-12-23-21(30)16-6-8-18(9-7-16)26-22-24-13-11-20(27-22)28-19-5-3-2-4-17(19)14-25-28/h2-5,11,13-16,18,29H,6-10,12H2,1H3,(H,23,30)(H,24,26,27)/t15?,16-,18-. The molecule has 1 atom stereocenters. The predicted octanol–water partition coefficient (Wildman–Crippen LogP) is 2.67. The monoisotopic (exact) mass is 408 g/mol. The number of fused-ring (bicyclic) bond motifs is 1. The zero-order chi connectivity index (χ0) is 20.9. The van der Waals surface area contributed by atoms with Crippen LogP contribution in [0, 0.1) is 5.92 Å². The van der Waals surface area contributed by atoms with Gasteiger partial charge in [-0.25, -0.2) is 9.67 Å². The Balaban J connectivity index is 1.34. The Hall–Kier alpha value is -3.00. The highest BCUT2D eigenvalue weighted by Crippen LogP contribution is 2.26. The summed E-state index contributed by atoms with van der Waals surface area (Å²) in [5.74, 6) is 1.44. The molecular weight excluding hydrogens is 380 g/mol. The number of amides is 1. The molecule has 1 unspecified atom stereocenters. The topological polar surface area (TPSA) is 105 Å². The van der Waals surface area contributed by atoms with E-state index in [1.807, 2.05) is 41.2 Å². The fourth-order valence-electron chi connectivity index (χ4n) is 3.92. The number of rotatable bonds is 7. The molecule has 1 aliphatic carbocycles. The van der Waals surface area contributed by atoms with E-state index in [0.29, 0.717) is 18.9 Å². The number of para-hydroxylation sites is 1. The maximum atomic E-state index is 12.3. The van der Waals surface area contributed by atoms with E-state index >= 15 is 0 Å². The smallest absolute Gasteiger partial charge is 0.224 e. The summed E-state index contributed by atoms with van der Waals surface area (Å²) in [5, 5.41) is 21.2. The lowest BCUT2D eigenvalue weighted by Gasteiger charge is -2.28. The number of carbonyl (C=O) groups is 1. The van der Waals surface area contributed by atoms with Crippen LogP contribution in [-0.4, -0.2) is 49.5 Å². The number of nitrogens with zero attached hydrogens (tertiary/aromatic N) is 4. The maximum absolute atomic E-state index is 12.3. The van der Waals surface area contributed by atoms with Crippen molar-refractivity contribution < 1.29 is 9.90 Å². The van der Waals surface area contributed by atoms with Gasteiger partial charge in [0.25, 0.3) is 0 Å². The van der Waals surface area contributed by atoms with E-state index < -0.39 is 0 Å². The lowest BCUT2D eigenvalue weighted by Crippen LogP contribution is -2.37. The number of aromatic nitrogens is 4. The van der Waals surface area contributed by atoms with Gasteiger partial charge < -0.3 is 15.7 Å². The van der Waals surface area contributed by atoms with E-state index in [9.17, 15) is 9.90 Å². The Bertz CT molecular complexity index is 994. The van der Waals surface area contributed by atoms with Gasteiger partial charge in [0.2, 0.25) is 11.9 Å². The maximum Gasteiger partial charge on any atom is 0.224 e. The van der Waals surface area contributed by atoms with Gasteiger partial charge in [-0.05, 0) is 45.1 Å². The van der Waals surface area contributed by atoms with E-state index in [0.717, 1.165) is 42.4 Å². The molecule has 0 bridgehead atoms. The minimum Gasteiger partial charge on any atom is -0.393 e. The minimum atomic E-state index is -0.388. The number of benzene rings is 1. The van der Waals surface area contributed by atoms with Gasteiger partial charge in [0.1, 0.15) is 0 Å². The summed E-state index contributed by atoms with van der Waals surface area (Å²) in [6.45, 7) is 2.26. The molecule has 8 nitrogen and oxygen atoms in total. The summed E-state index contributed by atoms with van der Waals surface area (Å²) >= 11 is 0. The van der Waals surface area contributed by atoms with Gasteiger partial charge in [-0.3, -0.25) is 4.79 Å². The highest BCUT2D eigenvalue weighted by Gasteiger charge is 2.26. The van der Waals surface area contributed by atoms with Gasteiger partial charge in [-0.1, -0.05) is 18.2 Å². The molecular formula is C22H28N6O2. The van der Waals surface area contributed by atoms with E-state index in [1.165, 1.54) is 0 Å². The third-order valence-corrected chi connectivity index (χ3v) is 5.63. The summed E-state index contributed by atoms with van der Waals surface area (Å²) in [7, 11) is 0. The molecule has 0 aliphatic heterocycles. The van der Waals surface area contributed by atoms with Crippen molar-refractivity contribution in [2.75, 3.05) is 11.9 Å². The molecule has 158 valence electrons. The van der Waals surface area contributed by atoms with Crippen LogP contribution in [0.2, 0.25) is 0 Å². The molecule has 3 N–H and O–H groups in total. The molecule has 1 aromatic carbocycles. The van der Waals surface area contributed by atoms with Crippen molar-refractivity contribution in [1.82, 2.24) is 25.1 Å². The molecule has 1 amide bonds. The third-order valence-electron chi connectivity index (χ3n) is 5.63. The molecule has 3 aromatic rings. The fraction of sp³-hybridized carbons (Fsp3) is 0.455. The van der Waals surface area contributed by atoms with Crippen molar-refractivity contribution in [3.63, 3.8) is 0 Å². The highest BCUT2D eigenvalue weighted by molar-refractivity contribution is 5.80. The largest absolute Gasteiger partial charge is 0.393 e. The first-order valence-electron chi connectivity index (χ1n) is 10.6. The lowest BCUT2D eigenvalue weighted by molar-refractivity contribution is -0.126. The molecule has 1 saturated carbocycles. The molecule has 4 rings (SSSR count). The SMILES string of the molecule is CC(O)CCNC(=O)[C@H]1CC[C@H](Nc2nccc(-n3ncc4ccccc43)n2)CC1. The zero-order valence-electron chi connectivity index (χ0n) is 17.2. The number of anilines is 1. The van der Waals surface area contributed by atoms with E-state index in [1.54, 1.807) is 13.1 Å². The highest BCUT2D eigenvalue weighted by atomic mass is 16.3. The van der Waals surface area contributed by atoms with Gasteiger partial charge in [0.05, 0.1) is 17.8 Å². The van der Waals surface area contributed by atoms with Gasteiger partial charge in [0, 0.05) is 36.2 Å². The van der Waals surface area contributed by atoms with Crippen molar-refractivity contribution in [1.29, 1.82) is 0 Å². The van der Waals surface area contributed by atoms with Crippen LogP contribution < -0.4 is 10.6 Å². The van der Waals surface area contributed by atoms with E-state index in [4.69, 9.17) is 0 Å². The van der Waals surface area contributed by atoms with Crippen LogP contribution >= 0.6 is 0 Å². The van der Waals surface area contributed by atoms with E-state index in [-0.39, 0.29) is 24.0 Å². The van der Waals surface area contributed by atoms with Crippen molar-refractivity contribution in [2.24, 2.45) is 5.92 Å². The van der Waals surface area contributed by atoms with Crippen LogP contribution in [0.15, 0.2) is 42.7 Å². The lowest BCUT2D eigenvalue weighted by atomic mass is 9.85. The first-order chi connectivity index (χ1) is 14.6. The van der Waals surface area contributed by atoms with Gasteiger partial charge in [-0.2, -0.15) is 10.1 Å². The third kappa shape index (κ3) is 4.76. The normalized spacial score (nSPS) is 20.1. The molecule has 0 saturated heterocycles. The summed E-state index contributed by atoms with van der Waals surface area (Å²) in [4.78, 5) is 21.3. The molecule has 0 radical (unpaired) electrons. The summed E-state index contributed by atoms with van der Waals surface area (Å²) in [5.41, 5.74) is 1.00. The second kappa shape index (κ2) is 9.21. The van der Waals surface area contributed by atoms with Gasteiger partial charge in [0.15, 0.2) is 5.82 Å². The Morgan fingerprint density at radius 3 is 2.83 bits per heavy atom. The van der Waals surface area contributed by atoms with Crippen LogP contribution in [0.25, 0.3) is 16.7 Å². The van der Waals surface area contributed by atoms with Crippen molar-refractivity contribution in [2.45, 2.75) is 51.2 Å². The molecule has 1 aliphatic rings. The van der Waals surface area contributed by atoms with Crippen LogP contribution in [-0.2, 0) is 4.79 Å². The molecule has 0 spiro atoms. The van der Waals surface area contributed by atoms with Crippen molar-refractivity contribution >= 4 is 22.8 Å². The summed E-state index contributed by atoms with van der Waals surface area (Å²) < 4.78 is 1.82. The second-order valence-corrected chi connectivity index (χ2v) is 7.98. The Morgan fingerprint density at radius 1 is 1.23 bits per heavy atom. The molecule has 30 heavy (non-hydrogen) atoms. The number of nitrogens with one attached hydrogen (secondary N) is 2. The fourth-order valence-corrected chi connectivity index (χ4v) is 3.92. The number of hydrogen-bond acceptors (Lipinski definition) is 6. The Morgan fingerprint density at radius 2 is 2.03 bits per heavy atom. The second-order valence-electron chi connectivity index (χ2n) is 7.98. The number of aliphatic hydroxyl groups excluding tert-OH is 1. The molecule has 8 heteroatoms. The van der Waals surface area contributed by atoms with Crippen LogP contribution in [0.3, 0.4) is 0 Å². The van der Waals surface area contributed by atoms with Crippen LogP contribution in [0.1, 0.15) is 39.0 Å². The average molecular weight is 409 g/mol. The van der Waals surface area contributed by atoms with Crippen molar-refractivity contribution in [3.05, 3.63) is 42.7 Å². The Kier molecular flexibility index (Phi) is 6.23. The Labute approximate surface area is 175 Å². The van der Waals surface area contributed by atoms with Crippen LogP contribution in [0.5, 0.6) is 0 Å². The van der Waals surface area contributed by atoms with Crippen molar-refractivity contribution in [3.8, 4) is 5.82 Å². The van der Waals surface area contributed by atoms with Crippen LogP contribution in [0.4, 0.5) is 5.95 Å². The summed E-state index contributed by atoms with van der Waals surface area (Å²) in [6.07, 6.45) is 7.23. The van der Waals surface area contributed by atoms with Gasteiger partial charge >= 0.3 is 0 Å². The average Bonchev–Trinajstić information content (AvgIpc) is 3.18. The minimum absolute atomic E-state index is 0.0414. The molecule has 1 fully saturated rings. The number of hydrogen-bond donors (Lipinski definition) is 3. The summed E-state index contributed by atoms with van der Waals surface area (Å²) in [6, 6.07) is 10.1. The molecule has 2 aromatic heterocycles. The predicted molar refractivity (Wildman–Crippen MR) is 115 cm³/mol. The van der Waals surface area contributed by atoms with E-state index in [2.05, 4.69) is 25.7 Å². The first-order valence-corrected chi connectivity index (χ1v) is 10.6. The van der Waals surface area contributed by atoms with Gasteiger partial charge in [-0.15, -0.1) is 0 Å². The number of carbonyl (C=O) groups excluding carboxylic acids is 1. The molecule has 2 heterocycles. The number of aliphatic hydroxyl groups is 1. The first kappa shape index (κ1) is 20.3. The zero-order valence-corrected chi connectivity index (χ0v) is 17.2.